The van der Waals surface area contributed by atoms with E-state index in [2.05, 4.69) is 4.98 Å². The summed E-state index contributed by atoms with van der Waals surface area (Å²) in [5.41, 5.74) is 1.99. The normalized spacial score (nSPS) is 13.7. The smallest absolute Gasteiger partial charge is 0.323 e. The lowest BCUT2D eigenvalue weighted by Crippen LogP contribution is -2.26. The second kappa shape index (κ2) is 3.86. The van der Waals surface area contributed by atoms with Crippen LogP contribution in [0.5, 0.6) is 0 Å². The van der Waals surface area contributed by atoms with E-state index in [-0.39, 0.29) is 6.54 Å². The first-order valence-electron chi connectivity index (χ1n) is 4.66. The van der Waals surface area contributed by atoms with Crippen LogP contribution >= 0.6 is 0 Å². The Kier molecular flexibility index (Phi) is 2.55. The highest BCUT2D eigenvalue weighted by Crippen LogP contribution is 2.20. The summed E-state index contributed by atoms with van der Waals surface area (Å²) in [6.07, 6.45) is 0. The van der Waals surface area contributed by atoms with Gasteiger partial charge in [0.05, 0.1) is 18.9 Å². The van der Waals surface area contributed by atoms with Gasteiger partial charge in [0.1, 0.15) is 12.4 Å². The third kappa shape index (κ3) is 2.07. The fourth-order valence-corrected chi connectivity index (χ4v) is 1.53. The quantitative estimate of drug-likeness (QED) is 0.789. The topological polar surface area (TPSA) is 62.7 Å². The second-order valence-electron chi connectivity index (χ2n) is 3.52. The monoisotopic (exact) mass is 208 g/mol. The summed E-state index contributed by atoms with van der Waals surface area (Å²) in [6, 6.07) is 3.75. The van der Waals surface area contributed by atoms with Crippen LogP contribution in [0.4, 0.5) is 5.82 Å². The van der Waals surface area contributed by atoms with Crippen molar-refractivity contribution in [3.8, 4) is 0 Å². The molecule has 0 spiro atoms. The minimum Gasteiger partial charge on any atom is -0.480 e. The van der Waals surface area contributed by atoms with Crippen molar-refractivity contribution in [1.29, 1.82) is 0 Å². The van der Waals surface area contributed by atoms with E-state index in [1.807, 2.05) is 12.1 Å². The van der Waals surface area contributed by atoms with Gasteiger partial charge in [-0.2, -0.15) is 0 Å². The van der Waals surface area contributed by atoms with Crippen LogP contribution in [0, 0.1) is 0 Å². The Morgan fingerprint density at radius 2 is 2.40 bits per heavy atom. The SMILES string of the molecule is CN(CC(=O)O)c1ccc2c(n1)COC2. The largest absolute Gasteiger partial charge is 0.480 e. The molecule has 2 heterocycles. The van der Waals surface area contributed by atoms with Crippen molar-refractivity contribution in [3.05, 3.63) is 23.4 Å². The van der Waals surface area contributed by atoms with Crippen LogP contribution in [-0.2, 0) is 22.7 Å². The number of hydrogen-bond donors (Lipinski definition) is 1. The van der Waals surface area contributed by atoms with Gasteiger partial charge in [-0.1, -0.05) is 6.07 Å². The molecule has 0 saturated carbocycles. The highest BCUT2D eigenvalue weighted by Gasteiger charge is 2.15. The molecule has 2 rings (SSSR count). The van der Waals surface area contributed by atoms with Crippen molar-refractivity contribution in [2.24, 2.45) is 0 Å². The van der Waals surface area contributed by atoms with Crippen LogP contribution in [0.3, 0.4) is 0 Å². The van der Waals surface area contributed by atoms with Crippen LogP contribution in [0.2, 0.25) is 0 Å². The molecule has 1 aromatic heterocycles. The fourth-order valence-electron chi connectivity index (χ4n) is 1.53. The Balaban J connectivity index is 2.19. The molecule has 0 radical (unpaired) electrons. The van der Waals surface area contributed by atoms with Crippen molar-refractivity contribution >= 4 is 11.8 Å². The molecular formula is C10H12N2O3. The molecule has 1 aromatic rings. The zero-order valence-electron chi connectivity index (χ0n) is 8.43. The number of likely N-dealkylation sites (N-methyl/N-ethyl adjacent to an activating group) is 1. The van der Waals surface area contributed by atoms with E-state index in [1.165, 1.54) is 0 Å². The van der Waals surface area contributed by atoms with E-state index in [9.17, 15) is 4.79 Å². The number of carboxylic acid groups (broad SMARTS) is 1. The Morgan fingerprint density at radius 3 is 3.13 bits per heavy atom. The zero-order chi connectivity index (χ0) is 10.8. The lowest BCUT2D eigenvalue weighted by atomic mass is 10.2. The summed E-state index contributed by atoms with van der Waals surface area (Å²) in [6.45, 7) is 1.07. The average Bonchev–Trinajstić information content (AvgIpc) is 2.62. The molecule has 0 atom stereocenters. The molecule has 1 aliphatic heterocycles. The standard InChI is InChI=1S/C10H12N2O3/c1-12(4-10(13)14)9-3-2-7-5-15-6-8(7)11-9/h2-3H,4-6H2,1H3,(H,13,14). The number of fused-ring (bicyclic) bond motifs is 1. The van der Waals surface area contributed by atoms with Gasteiger partial charge in [-0.25, -0.2) is 4.98 Å². The van der Waals surface area contributed by atoms with Crippen LogP contribution in [-0.4, -0.2) is 29.7 Å². The minimum absolute atomic E-state index is 0.0490. The van der Waals surface area contributed by atoms with Gasteiger partial charge in [0.2, 0.25) is 0 Å². The first-order valence-corrected chi connectivity index (χ1v) is 4.66. The molecule has 0 amide bonds. The number of aliphatic carboxylic acids is 1. The molecule has 0 unspecified atom stereocenters. The molecule has 15 heavy (non-hydrogen) atoms. The van der Waals surface area contributed by atoms with Gasteiger partial charge in [-0.05, 0) is 6.07 Å². The first kappa shape index (κ1) is 9.92. The number of nitrogens with zero attached hydrogens (tertiary/aromatic N) is 2. The molecule has 1 aliphatic rings. The lowest BCUT2D eigenvalue weighted by molar-refractivity contribution is -0.135. The third-order valence-corrected chi connectivity index (χ3v) is 2.31. The Bertz CT molecular complexity index is 392. The highest BCUT2D eigenvalue weighted by molar-refractivity contribution is 5.72. The number of carbonyl (C=O) groups is 1. The van der Waals surface area contributed by atoms with Crippen molar-refractivity contribution in [2.45, 2.75) is 13.2 Å². The van der Waals surface area contributed by atoms with Gasteiger partial charge in [-0.15, -0.1) is 0 Å². The first-order chi connectivity index (χ1) is 7.16. The zero-order valence-corrected chi connectivity index (χ0v) is 8.43. The van der Waals surface area contributed by atoms with Gasteiger partial charge >= 0.3 is 5.97 Å². The lowest BCUT2D eigenvalue weighted by Gasteiger charge is -2.15. The highest BCUT2D eigenvalue weighted by atomic mass is 16.5. The number of ether oxygens (including phenoxy) is 1. The average molecular weight is 208 g/mol. The molecule has 0 aliphatic carbocycles. The second-order valence-corrected chi connectivity index (χ2v) is 3.52. The fraction of sp³-hybridized carbons (Fsp3) is 0.400. The van der Waals surface area contributed by atoms with E-state index in [0.717, 1.165) is 11.3 Å². The number of pyridine rings is 1. The maximum Gasteiger partial charge on any atom is 0.323 e. The van der Waals surface area contributed by atoms with E-state index >= 15 is 0 Å². The summed E-state index contributed by atoms with van der Waals surface area (Å²) in [7, 11) is 1.71. The number of hydrogen-bond acceptors (Lipinski definition) is 4. The van der Waals surface area contributed by atoms with Gasteiger partial charge in [0, 0.05) is 12.6 Å². The number of anilines is 1. The van der Waals surface area contributed by atoms with E-state index in [4.69, 9.17) is 9.84 Å². The maximum atomic E-state index is 10.5. The van der Waals surface area contributed by atoms with E-state index in [1.54, 1.807) is 11.9 Å². The van der Waals surface area contributed by atoms with Crippen molar-refractivity contribution in [3.63, 3.8) is 0 Å². The van der Waals surface area contributed by atoms with Gasteiger partial charge in [0.25, 0.3) is 0 Å². The summed E-state index contributed by atoms with van der Waals surface area (Å²) in [4.78, 5) is 16.5. The molecule has 5 heteroatoms. The van der Waals surface area contributed by atoms with Gasteiger partial charge in [0.15, 0.2) is 0 Å². The number of carboxylic acids is 1. The molecule has 0 saturated heterocycles. The predicted molar refractivity (Wildman–Crippen MR) is 53.6 cm³/mol. The molecule has 1 N–H and O–H groups in total. The molecule has 0 fully saturated rings. The van der Waals surface area contributed by atoms with Crippen LogP contribution in [0.1, 0.15) is 11.3 Å². The minimum atomic E-state index is -0.865. The number of rotatable bonds is 3. The van der Waals surface area contributed by atoms with E-state index in [0.29, 0.717) is 19.0 Å². The summed E-state index contributed by atoms with van der Waals surface area (Å²) in [5.74, 6) is -0.197. The van der Waals surface area contributed by atoms with Gasteiger partial charge < -0.3 is 14.7 Å². The predicted octanol–water partition coefficient (Wildman–Crippen LogP) is 0.633. The molecular weight excluding hydrogens is 196 g/mol. The van der Waals surface area contributed by atoms with Crippen LogP contribution < -0.4 is 4.90 Å². The molecule has 0 aromatic carbocycles. The molecule has 80 valence electrons. The summed E-state index contributed by atoms with van der Waals surface area (Å²) in [5, 5.41) is 8.64. The summed E-state index contributed by atoms with van der Waals surface area (Å²) >= 11 is 0. The third-order valence-electron chi connectivity index (χ3n) is 2.31. The van der Waals surface area contributed by atoms with Crippen molar-refractivity contribution in [1.82, 2.24) is 4.98 Å². The van der Waals surface area contributed by atoms with Crippen molar-refractivity contribution in [2.75, 3.05) is 18.5 Å². The number of aromatic nitrogens is 1. The van der Waals surface area contributed by atoms with E-state index < -0.39 is 5.97 Å². The van der Waals surface area contributed by atoms with Crippen LogP contribution in [0.15, 0.2) is 12.1 Å². The molecule has 5 nitrogen and oxygen atoms in total. The van der Waals surface area contributed by atoms with Crippen molar-refractivity contribution < 1.29 is 14.6 Å². The molecule has 0 bridgehead atoms. The van der Waals surface area contributed by atoms with Gasteiger partial charge in [-0.3, -0.25) is 4.79 Å². The van der Waals surface area contributed by atoms with Crippen LogP contribution in [0.25, 0.3) is 0 Å². The summed E-state index contributed by atoms with van der Waals surface area (Å²) < 4.78 is 5.23. The maximum absolute atomic E-state index is 10.5. The Hall–Kier alpha value is -1.62. The Morgan fingerprint density at radius 1 is 1.60 bits per heavy atom. The Labute approximate surface area is 87.3 Å².